The third-order valence-corrected chi connectivity index (χ3v) is 6.20. The number of nitrogens with zero attached hydrogens (tertiary/aromatic N) is 1. The van der Waals surface area contributed by atoms with Crippen LogP contribution < -0.4 is 22.1 Å². The van der Waals surface area contributed by atoms with Crippen molar-refractivity contribution in [2.75, 3.05) is 20.6 Å². The smallest absolute Gasteiger partial charge is 0.340 e. The monoisotopic (exact) mass is 434 g/mol. The van der Waals surface area contributed by atoms with Crippen LogP contribution in [0.15, 0.2) is 41.2 Å². The lowest BCUT2D eigenvalue weighted by Crippen LogP contribution is -2.35. The molecule has 0 radical (unpaired) electrons. The zero-order valence-electron chi connectivity index (χ0n) is 18.0. The second-order valence-electron chi connectivity index (χ2n) is 7.87. The molecule has 0 atom stereocenters. The summed E-state index contributed by atoms with van der Waals surface area (Å²) in [6.07, 6.45) is 1.79. The van der Waals surface area contributed by atoms with Gasteiger partial charge in [-0.1, -0.05) is 12.1 Å². The number of rotatable bonds is 5. The van der Waals surface area contributed by atoms with Gasteiger partial charge in [0.15, 0.2) is 0 Å². The number of aromatic nitrogens is 3. The summed E-state index contributed by atoms with van der Waals surface area (Å²) in [4.78, 5) is 39.4. The molecular weight excluding hydrogens is 408 g/mol. The third kappa shape index (κ3) is 3.40. The number of hydrogen-bond donors (Lipinski definition) is 5. The molecule has 1 aliphatic rings. The number of aromatic amines is 2. The lowest BCUT2D eigenvalue weighted by atomic mass is 9.69. The van der Waals surface area contributed by atoms with E-state index in [9.17, 15) is 14.4 Å². The van der Waals surface area contributed by atoms with Crippen molar-refractivity contribution in [1.29, 1.82) is 0 Å². The number of hydrogen-bond acceptors (Lipinski definition) is 5. The molecule has 1 aliphatic carbocycles. The lowest BCUT2D eigenvalue weighted by molar-refractivity contribution is 0.0955. The van der Waals surface area contributed by atoms with Crippen LogP contribution in [0.2, 0.25) is 0 Å². The molecule has 0 spiro atoms. The van der Waals surface area contributed by atoms with Crippen molar-refractivity contribution < 1.29 is 9.59 Å². The van der Waals surface area contributed by atoms with Gasteiger partial charge in [0.1, 0.15) is 5.82 Å². The van der Waals surface area contributed by atoms with E-state index in [-0.39, 0.29) is 11.8 Å². The van der Waals surface area contributed by atoms with Crippen molar-refractivity contribution in [1.82, 2.24) is 25.8 Å². The number of nitrogens with two attached hydrogens (primary N) is 1. The van der Waals surface area contributed by atoms with E-state index in [2.05, 4.69) is 25.8 Å². The van der Waals surface area contributed by atoms with Gasteiger partial charge >= 0.3 is 5.69 Å². The number of amides is 2. The molecule has 0 bridgehead atoms. The molecule has 1 aromatic heterocycles. The van der Waals surface area contributed by atoms with Crippen LogP contribution in [0.5, 0.6) is 0 Å². The molecule has 0 saturated heterocycles. The summed E-state index contributed by atoms with van der Waals surface area (Å²) < 4.78 is 0. The zero-order chi connectivity index (χ0) is 22.9. The topological polar surface area (TPSA) is 146 Å². The Labute approximate surface area is 184 Å². The molecule has 0 aliphatic heterocycles. The number of nitrogens with one attached hydrogen (secondary N) is 4. The van der Waals surface area contributed by atoms with E-state index < -0.39 is 11.1 Å². The summed E-state index contributed by atoms with van der Waals surface area (Å²) in [5.41, 5.74) is 9.78. The van der Waals surface area contributed by atoms with E-state index in [1.54, 1.807) is 26.2 Å². The molecule has 166 valence electrons. The van der Waals surface area contributed by atoms with E-state index in [0.717, 1.165) is 22.3 Å². The summed E-state index contributed by atoms with van der Waals surface area (Å²) in [7, 11) is 3.19. The molecule has 2 aromatic carbocycles. The molecule has 0 fully saturated rings. The predicted octanol–water partition coefficient (Wildman–Crippen LogP) is 0.599. The van der Waals surface area contributed by atoms with Crippen LogP contribution in [-0.4, -0.2) is 47.6 Å². The number of benzene rings is 2. The Morgan fingerprint density at radius 1 is 1.00 bits per heavy atom. The first-order chi connectivity index (χ1) is 15.4. The van der Waals surface area contributed by atoms with Crippen LogP contribution in [0, 0.1) is 0 Å². The number of aryl methyl sites for hydroxylation is 2. The molecule has 1 heterocycles. The van der Waals surface area contributed by atoms with E-state index in [1.165, 1.54) is 0 Å². The summed E-state index contributed by atoms with van der Waals surface area (Å²) in [5, 5.41) is 12.1. The third-order valence-electron chi connectivity index (χ3n) is 6.20. The van der Waals surface area contributed by atoms with Crippen LogP contribution in [0.25, 0.3) is 0 Å². The van der Waals surface area contributed by atoms with Gasteiger partial charge in [-0.3, -0.25) is 14.6 Å². The van der Waals surface area contributed by atoms with E-state index in [1.807, 2.05) is 24.3 Å². The minimum Gasteiger partial charge on any atom is -0.355 e. The van der Waals surface area contributed by atoms with Gasteiger partial charge in [0.25, 0.3) is 11.8 Å². The summed E-state index contributed by atoms with van der Waals surface area (Å²) in [6.45, 7) is 0.335. The average molecular weight is 435 g/mol. The van der Waals surface area contributed by atoms with Crippen molar-refractivity contribution in [3.05, 3.63) is 86.1 Å². The molecule has 4 rings (SSSR count). The van der Waals surface area contributed by atoms with Gasteiger partial charge in [0, 0.05) is 25.2 Å². The highest BCUT2D eigenvalue weighted by Gasteiger charge is 2.43. The van der Waals surface area contributed by atoms with Gasteiger partial charge in [0.05, 0.1) is 5.41 Å². The maximum atomic E-state index is 12.3. The molecule has 9 nitrogen and oxygen atoms in total. The van der Waals surface area contributed by atoms with Crippen molar-refractivity contribution >= 4 is 11.8 Å². The van der Waals surface area contributed by atoms with Gasteiger partial charge in [-0.2, -0.15) is 5.10 Å². The Balaban J connectivity index is 2.03. The quantitative estimate of drug-likeness (QED) is 0.399. The van der Waals surface area contributed by atoms with Gasteiger partial charge in [0.2, 0.25) is 0 Å². The lowest BCUT2D eigenvalue weighted by Gasteiger charge is -2.34. The maximum Gasteiger partial charge on any atom is 0.340 e. The van der Waals surface area contributed by atoms with Crippen LogP contribution >= 0.6 is 0 Å². The Kier molecular flexibility index (Phi) is 5.67. The largest absolute Gasteiger partial charge is 0.355 e. The Morgan fingerprint density at radius 2 is 1.53 bits per heavy atom. The number of H-pyrrole nitrogens is 2. The average Bonchev–Trinajstić information content (AvgIpc) is 3.21. The highest BCUT2D eigenvalue weighted by Crippen LogP contribution is 2.45. The maximum absolute atomic E-state index is 12.3. The van der Waals surface area contributed by atoms with Crippen LogP contribution in [0.1, 0.15) is 55.2 Å². The van der Waals surface area contributed by atoms with Crippen LogP contribution in [0.4, 0.5) is 0 Å². The summed E-state index contributed by atoms with van der Waals surface area (Å²) in [6, 6.07) is 11.2. The Hall–Kier alpha value is -3.72. The minimum atomic E-state index is -0.836. The van der Waals surface area contributed by atoms with Gasteiger partial charge in [-0.05, 0) is 72.3 Å². The summed E-state index contributed by atoms with van der Waals surface area (Å²) in [5.74, 6) is 0.112. The minimum absolute atomic E-state index is 0.172. The predicted molar refractivity (Wildman–Crippen MR) is 120 cm³/mol. The summed E-state index contributed by atoms with van der Waals surface area (Å²) >= 11 is 0. The van der Waals surface area contributed by atoms with Crippen molar-refractivity contribution in [2.45, 2.75) is 24.7 Å². The SMILES string of the molecule is CNC(=O)c1ccc2c(c1)CCc1cc(C(=O)NC)ccc1C2(CCN)c1n[nH]c(=O)[nH]1. The highest BCUT2D eigenvalue weighted by atomic mass is 16.2. The van der Waals surface area contributed by atoms with Gasteiger partial charge in [-0.15, -0.1) is 0 Å². The van der Waals surface area contributed by atoms with E-state index >= 15 is 0 Å². The molecule has 3 aromatic rings. The van der Waals surface area contributed by atoms with Gasteiger partial charge in [-0.25, -0.2) is 9.89 Å². The number of carbonyl (C=O) groups excluding carboxylic acids is 2. The first-order valence-corrected chi connectivity index (χ1v) is 10.5. The molecule has 32 heavy (non-hydrogen) atoms. The van der Waals surface area contributed by atoms with Crippen molar-refractivity contribution in [2.24, 2.45) is 5.73 Å². The van der Waals surface area contributed by atoms with E-state index in [4.69, 9.17) is 5.73 Å². The fourth-order valence-corrected chi connectivity index (χ4v) is 4.75. The van der Waals surface area contributed by atoms with Crippen molar-refractivity contribution in [3.8, 4) is 0 Å². The number of carbonyl (C=O) groups is 2. The Bertz CT molecular complexity index is 1180. The zero-order valence-corrected chi connectivity index (χ0v) is 18.0. The van der Waals surface area contributed by atoms with Crippen LogP contribution in [-0.2, 0) is 18.3 Å². The number of fused-ring (bicyclic) bond motifs is 2. The second-order valence-corrected chi connectivity index (χ2v) is 7.87. The fourth-order valence-electron chi connectivity index (χ4n) is 4.75. The molecule has 0 unspecified atom stereocenters. The van der Waals surface area contributed by atoms with Crippen molar-refractivity contribution in [3.63, 3.8) is 0 Å². The first kappa shape index (κ1) is 21.5. The normalized spacial score (nSPS) is 14.1. The fraction of sp³-hybridized carbons (Fsp3) is 0.304. The molecule has 6 N–H and O–H groups in total. The molecule has 0 saturated carbocycles. The first-order valence-electron chi connectivity index (χ1n) is 10.5. The second kappa shape index (κ2) is 8.43. The van der Waals surface area contributed by atoms with Gasteiger partial charge < -0.3 is 16.4 Å². The highest BCUT2D eigenvalue weighted by molar-refractivity contribution is 5.95. The molecular formula is C23H26N6O3. The Morgan fingerprint density at radius 3 is 1.94 bits per heavy atom. The standard InChI is InChI=1S/C23H26N6O3/c1-25-19(30)15-5-7-17-13(11-15)3-4-14-12-16(20(31)26-2)6-8-18(14)23(17,9-10-24)21-27-22(32)29-28-21/h5-8,11-12H,3-4,9-10,24H2,1-2H3,(H,25,30)(H,26,31)(H2,27,28,29,32). The molecule has 2 amide bonds. The van der Waals surface area contributed by atoms with Crippen LogP contribution in [0.3, 0.4) is 0 Å². The van der Waals surface area contributed by atoms with E-state index in [0.29, 0.717) is 42.8 Å². The molecule has 9 heteroatoms.